The largest absolute Gasteiger partial charge is 0.476 e. The lowest BCUT2D eigenvalue weighted by Gasteiger charge is -2.00. The molecule has 1 N–H and O–H groups in total. The number of carbonyl (C=O) groups is 1. The van der Waals surface area contributed by atoms with Crippen LogP contribution in [0.4, 0.5) is 8.78 Å². The van der Waals surface area contributed by atoms with Crippen LogP contribution >= 0.6 is 23.2 Å². The standard InChI is InChI=1S/C14H10Cl2F2O2/c15-9-5-4-7(6-10(9)16)12-8(13(12)18)2-1-3-11(17)14(19)20/h1-6,8,12-13H,(H,19,20)/b2-1+,11-3+. The molecule has 0 saturated heterocycles. The average Bonchev–Trinajstić information content (AvgIpc) is 3.03. The summed E-state index contributed by atoms with van der Waals surface area (Å²) < 4.78 is 26.4. The van der Waals surface area contributed by atoms with E-state index in [0.29, 0.717) is 15.6 Å². The Morgan fingerprint density at radius 1 is 1.30 bits per heavy atom. The number of aliphatic carboxylic acids is 1. The molecule has 0 spiro atoms. The topological polar surface area (TPSA) is 37.3 Å². The van der Waals surface area contributed by atoms with Crippen LogP contribution in [0.2, 0.25) is 10.0 Å². The Hall–Kier alpha value is -1.39. The van der Waals surface area contributed by atoms with Gasteiger partial charge in [0.15, 0.2) is 0 Å². The van der Waals surface area contributed by atoms with Gasteiger partial charge in [0.1, 0.15) is 6.17 Å². The van der Waals surface area contributed by atoms with Gasteiger partial charge in [0.25, 0.3) is 0 Å². The molecular formula is C14H10Cl2F2O2. The van der Waals surface area contributed by atoms with Gasteiger partial charge in [-0.3, -0.25) is 0 Å². The highest BCUT2D eigenvalue weighted by Gasteiger charge is 2.50. The van der Waals surface area contributed by atoms with Crippen molar-refractivity contribution in [1.82, 2.24) is 0 Å². The molecule has 1 fully saturated rings. The molecule has 1 aromatic rings. The lowest BCUT2D eigenvalue weighted by molar-refractivity contribution is -0.134. The summed E-state index contributed by atoms with van der Waals surface area (Å²) in [4.78, 5) is 10.2. The van der Waals surface area contributed by atoms with Crippen LogP contribution in [0.5, 0.6) is 0 Å². The summed E-state index contributed by atoms with van der Waals surface area (Å²) in [6.07, 6.45) is 2.35. The first-order valence-electron chi connectivity index (χ1n) is 5.78. The van der Waals surface area contributed by atoms with Crippen LogP contribution in [-0.2, 0) is 4.79 Å². The third kappa shape index (κ3) is 3.19. The minimum Gasteiger partial charge on any atom is -0.476 e. The fourth-order valence-corrected chi connectivity index (χ4v) is 2.29. The molecule has 0 bridgehead atoms. The van der Waals surface area contributed by atoms with Gasteiger partial charge in [0, 0.05) is 11.8 Å². The zero-order valence-corrected chi connectivity index (χ0v) is 11.6. The molecule has 0 aromatic heterocycles. The van der Waals surface area contributed by atoms with Gasteiger partial charge < -0.3 is 5.11 Å². The molecular weight excluding hydrogens is 309 g/mol. The van der Waals surface area contributed by atoms with Crippen molar-refractivity contribution in [2.45, 2.75) is 12.1 Å². The maximum atomic E-state index is 13.7. The van der Waals surface area contributed by atoms with Crippen molar-refractivity contribution in [3.63, 3.8) is 0 Å². The summed E-state index contributed by atoms with van der Waals surface area (Å²) >= 11 is 11.6. The number of rotatable bonds is 4. The molecule has 3 unspecified atom stereocenters. The van der Waals surface area contributed by atoms with Crippen molar-refractivity contribution >= 4 is 29.2 Å². The molecule has 1 saturated carbocycles. The second-order valence-electron chi connectivity index (χ2n) is 4.43. The number of carboxylic acid groups (broad SMARTS) is 1. The molecule has 1 aliphatic carbocycles. The van der Waals surface area contributed by atoms with E-state index in [-0.39, 0.29) is 5.92 Å². The van der Waals surface area contributed by atoms with Crippen molar-refractivity contribution in [2.75, 3.05) is 0 Å². The minimum absolute atomic E-state index is 0.350. The predicted octanol–water partition coefficient (Wildman–Crippen LogP) is 4.54. The molecule has 1 aliphatic rings. The molecule has 3 atom stereocenters. The summed E-state index contributed by atoms with van der Waals surface area (Å²) in [7, 11) is 0. The van der Waals surface area contributed by atoms with E-state index < -0.39 is 23.9 Å². The van der Waals surface area contributed by atoms with Crippen LogP contribution in [0.15, 0.2) is 42.3 Å². The summed E-state index contributed by atoms with van der Waals surface area (Å²) in [6, 6.07) is 4.88. The number of halogens is 4. The van der Waals surface area contributed by atoms with Crippen molar-refractivity contribution in [3.05, 3.63) is 57.9 Å². The third-order valence-corrected chi connectivity index (χ3v) is 3.83. The average molecular weight is 319 g/mol. The first kappa shape index (κ1) is 15.0. The smallest absolute Gasteiger partial charge is 0.364 e. The summed E-state index contributed by atoms with van der Waals surface area (Å²) in [5, 5.41) is 9.07. The summed E-state index contributed by atoms with van der Waals surface area (Å²) in [5.74, 6) is -3.71. The Balaban J connectivity index is 2.06. The van der Waals surface area contributed by atoms with E-state index in [1.54, 1.807) is 18.2 Å². The number of benzene rings is 1. The van der Waals surface area contributed by atoms with Crippen LogP contribution in [0.1, 0.15) is 11.5 Å². The van der Waals surface area contributed by atoms with Gasteiger partial charge >= 0.3 is 5.97 Å². The number of hydrogen-bond donors (Lipinski definition) is 1. The zero-order valence-electron chi connectivity index (χ0n) is 10.1. The van der Waals surface area contributed by atoms with Crippen molar-refractivity contribution < 1.29 is 18.7 Å². The maximum absolute atomic E-state index is 13.7. The summed E-state index contributed by atoms with van der Waals surface area (Å²) in [6.45, 7) is 0. The van der Waals surface area contributed by atoms with Crippen LogP contribution in [0, 0.1) is 5.92 Å². The zero-order chi connectivity index (χ0) is 14.9. The Kier molecular flexibility index (Phi) is 4.45. The van der Waals surface area contributed by atoms with Gasteiger partial charge in [-0.1, -0.05) is 41.4 Å². The van der Waals surface area contributed by atoms with Gasteiger partial charge in [0.2, 0.25) is 5.83 Å². The van der Waals surface area contributed by atoms with E-state index >= 15 is 0 Å². The molecule has 106 valence electrons. The Bertz CT molecular complexity index is 599. The fourth-order valence-electron chi connectivity index (χ4n) is 1.99. The van der Waals surface area contributed by atoms with E-state index in [1.807, 2.05) is 0 Å². The molecule has 2 nitrogen and oxygen atoms in total. The quantitative estimate of drug-likeness (QED) is 0.653. The van der Waals surface area contributed by atoms with Crippen molar-refractivity contribution in [3.8, 4) is 0 Å². The van der Waals surface area contributed by atoms with Crippen molar-refractivity contribution in [1.29, 1.82) is 0 Å². The predicted molar refractivity (Wildman–Crippen MR) is 73.6 cm³/mol. The van der Waals surface area contributed by atoms with E-state index in [1.165, 1.54) is 12.2 Å². The molecule has 6 heteroatoms. The highest BCUT2D eigenvalue weighted by atomic mass is 35.5. The molecule has 0 radical (unpaired) electrons. The normalized spacial score (nSPS) is 26.0. The molecule has 2 rings (SSSR count). The molecule has 0 amide bonds. The summed E-state index contributed by atoms with van der Waals surface area (Å²) in [5.41, 5.74) is 0.712. The Morgan fingerprint density at radius 3 is 2.60 bits per heavy atom. The van der Waals surface area contributed by atoms with Crippen LogP contribution in [-0.4, -0.2) is 17.2 Å². The SMILES string of the molecule is O=C(O)/C(F)=C\C=C\C1C(F)C1c1ccc(Cl)c(Cl)c1. The van der Waals surface area contributed by atoms with Crippen LogP contribution < -0.4 is 0 Å². The highest BCUT2D eigenvalue weighted by molar-refractivity contribution is 6.42. The molecule has 20 heavy (non-hydrogen) atoms. The van der Waals surface area contributed by atoms with Crippen LogP contribution in [0.3, 0.4) is 0 Å². The maximum Gasteiger partial charge on any atom is 0.364 e. The molecule has 0 aliphatic heterocycles. The minimum atomic E-state index is -1.65. The lowest BCUT2D eigenvalue weighted by atomic mass is 10.1. The van der Waals surface area contributed by atoms with Gasteiger partial charge in [-0.15, -0.1) is 0 Å². The number of carboxylic acids is 1. The Morgan fingerprint density at radius 2 is 2.00 bits per heavy atom. The highest BCUT2D eigenvalue weighted by Crippen LogP contribution is 2.51. The monoisotopic (exact) mass is 318 g/mol. The molecule has 1 aromatic carbocycles. The fraction of sp³-hybridized carbons (Fsp3) is 0.214. The van der Waals surface area contributed by atoms with E-state index in [0.717, 1.165) is 6.08 Å². The number of allylic oxidation sites excluding steroid dienone is 3. The van der Waals surface area contributed by atoms with Gasteiger partial charge in [-0.25, -0.2) is 9.18 Å². The van der Waals surface area contributed by atoms with E-state index in [2.05, 4.69) is 0 Å². The van der Waals surface area contributed by atoms with E-state index in [9.17, 15) is 13.6 Å². The van der Waals surface area contributed by atoms with E-state index in [4.69, 9.17) is 28.3 Å². The second kappa shape index (κ2) is 5.94. The van der Waals surface area contributed by atoms with Gasteiger partial charge in [-0.05, 0) is 23.8 Å². The van der Waals surface area contributed by atoms with Gasteiger partial charge in [-0.2, -0.15) is 4.39 Å². The first-order valence-corrected chi connectivity index (χ1v) is 6.53. The second-order valence-corrected chi connectivity index (χ2v) is 5.24. The first-order chi connectivity index (χ1) is 9.41. The lowest BCUT2D eigenvalue weighted by Crippen LogP contribution is -1.93. The number of hydrogen-bond acceptors (Lipinski definition) is 1. The van der Waals surface area contributed by atoms with Gasteiger partial charge in [0.05, 0.1) is 10.0 Å². The third-order valence-electron chi connectivity index (χ3n) is 3.09. The van der Waals surface area contributed by atoms with Crippen molar-refractivity contribution in [2.24, 2.45) is 5.92 Å². The molecule has 0 heterocycles. The van der Waals surface area contributed by atoms with Crippen LogP contribution in [0.25, 0.3) is 0 Å². The Labute approximate surface area is 124 Å². The number of alkyl halides is 1.